The van der Waals surface area contributed by atoms with Crippen LogP contribution in [0.1, 0.15) is 6.92 Å². The standard InChI is InChI=1S/C3H6O4S/c1-2(3(4)5)8(6)7/h2H,1H3,(H,4,5)(H,6,7). The molecule has 5 heteroatoms. The maximum Gasteiger partial charge on any atom is 0.321 e. The van der Waals surface area contributed by atoms with Crippen molar-refractivity contribution in [3.63, 3.8) is 0 Å². The lowest BCUT2D eigenvalue weighted by atomic mass is 10.5. The van der Waals surface area contributed by atoms with Crippen LogP contribution in [0.2, 0.25) is 0 Å². The molecule has 2 unspecified atom stereocenters. The predicted octanol–water partition coefficient (Wildman–Crippen LogP) is -0.319. The Morgan fingerprint density at radius 3 is 2.12 bits per heavy atom. The smallest absolute Gasteiger partial charge is 0.321 e. The van der Waals surface area contributed by atoms with E-state index >= 15 is 0 Å². The van der Waals surface area contributed by atoms with Crippen LogP contribution in [0.4, 0.5) is 0 Å². The van der Waals surface area contributed by atoms with Gasteiger partial charge in [-0.3, -0.25) is 4.79 Å². The molecule has 2 atom stereocenters. The molecular formula is C3H6O4S. The maximum absolute atomic E-state index is 9.87. The molecule has 0 aromatic heterocycles. The van der Waals surface area contributed by atoms with Crippen LogP contribution in [0.3, 0.4) is 0 Å². The Morgan fingerprint density at radius 1 is 1.75 bits per heavy atom. The molecule has 4 nitrogen and oxygen atoms in total. The average molecular weight is 138 g/mol. The summed E-state index contributed by atoms with van der Waals surface area (Å²) in [7, 11) is 0. The van der Waals surface area contributed by atoms with Crippen LogP contribution in [0.5, 0.6) is 0 Å². The third-order valence-corrected chi connectivity index (χ3v) is 1.46. The molecule has 0 fully saturated rings. The fraction of sp³-hybridized carbons (Fsp3) is 0.667. The molecule has 48 valence electrons. The summed E-state index contributed by atoms with van der Waals surface area (Å²) < 4.78 is 18.0. The molecule has 0 aliphatic rings. The fourth-order valence-corrected chi connectivity index (χ4v) is 0.259. The molecule has 2 N–H and O–H groups in total. The first-order valence-corrected chi connectivity index (χ1v) is 3.05. The van der Waals surface area contributed by atoms with Crippen molar-refractivity contribution in [3.8, 4) is 0 Å². The van der Waals surface area contributed by atoms with Crippen LogP contribution >= 0.6 is 0 Å². The average Bonchev–Trinajstić information content (AvgIpc) is 1.64. The summed E-state index contributed by atoms with van der Waals surface area (Å²) in [6.45, 7) is 1.17. The van der Waals surface area contributed by atoms with E-state index in [1.54, 1.807) is 0 Å². The Balaban J connectivity index is 3.83. The van der Waals surface area contributed by atoms with Crippen molar-refractivity contribution in [2.24, 2.45) is 0 Å². The molecule has 0 radical (unpaired) electrons. The SMILES string of the molecule is CC(C(=O)O)S(=O)O. The van der Waals surface area contributed by atoms with Crippen molar-refractivity contribution in [2.75, 3.05) is 0 Å². The van der Waals surface area contributed by atoms with Crippen LogP contribution in [0, 0.1) is 0 Å². The minimum atomic E-state index is -2.24. The number of carboxylic acid groups (broad SMARTS) is 1. The van der Waals surface area contributed by atoms with Gasteiger partial charge in [0.25, 0.3) is 0 Å². The fourth-order valence-electron chi connectivity index (χ4n) is 0.0862. The molecule has 0 aliphatic heterocycles. The third-order valence-electron chi connectivity index (χ3n) is 0.650. The monoisotopic (exact) mass is 138 g/mol. The topological polar surface area (TPSA) is 74.6 Å². The largest absolute Gasteiger partial charge is 0.480 e. The van der Waals surface area contributed by atoms with Crippen LogP contribution in [0.15, 0.2) is 0 Å². The molecule has 8 heavy (non-hydrogen) atoms. The highest BCUT2D eigenvalue weighted by Gasteiger charge is 2.15. The highest BCUT2D eigenvalue weighted by atomic mass is 32.2. The van der Waals surface area contributed by atoms with Crippen molar-refractivity contribution < 1.29 is 18.7 Å². The van der Waals surface area contributed by atoms with Gasteiger partial charge in [0.1, 0.15) is 0 Å². The van der Waals surface area contributed by atoms with E-state index in [1.165, 1.54) is 6.92 Å². The minimum absolute atomic E-state index is 1.17. The number of carboxylic acids is 1. The Bertz CT molecular complexity index is 106. The molecule has 0 aliphatic carbocycles. The van der Waals surface area contributed by atoms with Crippen LogP contribution in [0.25, 0.3) is 0 Å². The highest BCUT2D eigenvalue weighted by molar-refractivity contribution is 7.80. The lowest BCUT2D eigenvalue weighted by molar-refractivity contribution is -0.136. The summed E-state index contributed by atoms with van der Waals surface area (Å²) in [6, 6.07) is 0. The van der Waals surface area contributed by atoms with Gasteiger partial charge in [0.15, 0.2) is 16.3 Å². The summed E-state index contributed by atoms with van der Waals surface area (Å²) >= 11 is -2.24. The lowest BCUT2D eigenvalue weighted by Crippen LogP contribution is -2.20. The van der Waals surface area contributed by atoms with Crippen molar-refractivity contribution in [2.45, 2.75) is 12.2 Å². The van der Waals surface area contributed by atoms with Gasteiger partial charge in [0.05, 0.1) is 0 Å². The Kier molecular flexibility index (Phi) is 2.64. The molecule has 0 heterocycles. The van der Waals surface area contributed by atoms with Gasteiger partial charge in [0.2, 0.25) is 0 Å². The normalized spacial score (nSPS) is 17.2. The molecule has 0 amide bonds. The summed E-state index contributed by atoms with van der Waals surface area (Å²) in [5, 5.41) is 6.81. The van der Waals surface area contributed by atoms with Gasteiger partial charge in [-0.25, -0.2) is 4.21 Å². The van der Waals surface area contributed by atoms with Gasteiger partial charge in [-0.05, 0) is 6.92 Å². The Morgan fingerprint density at radius 2 is 2.12 bits per heavy atom. The molecule has 0 spiro atoms. The molecule has 0 aromatic rings. The summed E-state index contributed by atoms with van der Waals surface area (Å²) in [5.74, 6) is -1.26. The third kappa shape index (κ3) is 2.04. The van der Waals surface area contributed by atoms with E-state index in [0.29, 0.717) is 0 Å². The van der Waals surface area contributed by atoms with E-state index in [0.717, 1.165) is 0 Å². The molecule has 0 saturated heterocycles. The second kappa shape index (κ2) is 2.78. The quantitative estimate of drug-likeness (QED) is 0.513. The maximum atomic E-state index is 9.87. The van der Waals surface area contributed by atoms with Crippen molar-refractivity contribution in [1.29, 1.82) is 0 Å². The molecule has 0 bridgehead atoms. The number of carbonyl (C=O) groups is 1. The summed E-state index contributed by atoms with van der Waals surface area (Å²) in [4.78, 5) is 9.79. The van der Waals surface area contributed by atoms with Crippen LogP contribution in [-0.4, -0.2) is 25.1 Å². The summed E-state index contributed by atoms with van der Waals surface area (Å²) in [6.07, 6.45) is 0. The summed E-state index contributed by atoms with van der Waals surface area (Å²) in [5.41, 5.74) is 0. The van der Waals surface area contributed by atoms with E-state index in [4.69, 9.17) is 9.66 Å². The zero-order valence-corrected chi connectivity index (χ0v) is 5.01. The number of rotatable bonds is 2. The Labute approximate surface area is 48.8 Å². The van der Waals surface area contributed by atoms with E-state index in [9.17, 15) is 9.00 Å². The zero-order chi connectivity index (χ0) is 6.73. The Hall–Kier alpha value is -0.420. The van der Waals surface area contributed by atoms with E-state index in [2.05, 4.69) is 0 Å². The van der Waals surface area contributed by atoms with Crippen LogP contribution in [-0.2, 0) is 15.9 Å². The van der Waals surface area contributed by atoms with Crippen molar-refractivity contribution in [1.82, 2.24) is 0 Å². The molecule has 0 aromatic carbocycles. The van der Waals surface area contributed by atoms with E-state index in [-0.39, 0.29) is 0 Å². The first-order valence-electron chi connectivity index (χ1n) is 1.88. The number of aliphatic carboxylic acids is 1. The van der Waals surface area contributed by atoms with Crippen molar-refractivity contribution >= 4 is 17.0 Å². The van der Waals surface area contributed by atoms with Crippen molar-refractivity contribution in [3.05, 3.63) is 0 Å². The number of hydrogen-bond acceptors (Lipinski definition) is 2. The second-order valence-electron chi connectivity index (χ2n) is 1.26. The van der Waals surface area contributed by atoms with Gasteiger partial charge in [-0.2, -0.15) is 0 Å². The van der Waals surface area contributed by atoms with Crippen LogP contribution < -0.4 is 0 Å². The predicted molar refractivity (Wildman–Crippen MR) is 27.9 cm³/mol. The van der Waals surface area contributed by atoms with E-state index < -0.39 is 22.3 Å². The molecule has 0 saturated carbocycles. The van der Waals surface area contributed by atoms with E-state index in [1.807, 2.05) is 0 Å². The van der Waals surface area contributed by atoms with Gasteiger partial charge in [0, 0.05) is 0 Å². The highest BCUT2D eigenvalue weighted by Crippen LogP contribution is 1.89. The zero-order valence-electron chi connectivity index (χ0n) is 4.20. The molecule has 0 rings (SSSR count). The van der Waals surface area contributed by atoms with Gasteiger partial charge in [-0.1, -0.05) is 0 Å². The van der Waals surface area contributed by atoms with Gasteiger partial charge in [-0.15, -0.1) is 0 Å². The minimum Gasteiger partial charge on any atom is -0.480 e. The van der Waals surface area contributed by atoms with Gasteiger partial charge < -0.3 is 9.66 Å². The second-order valence-corrected chi connectivity index (χ2v) is 2.52. The molecular weight excluding hydrogens is 132 g/mol. The lowest BCUT2D eigenvalue weighted by Gasteiger charge is -1.95. The first-order chi connectivity index (χ1) is 3.55. The van der Waals surface area contributed by atoms with Gasteiger partial charge >= 0.3 is 5.97 Å². The first kappa shape index (κ1) is 7.58. The number of hydrogen-bond donors (Lipinski definition) is 2.